The Morgan fingerprint density at radius 1 is 0.862 bits per heavy atom. The van der Waals surface area contributed by atoms with Gasteiger partial charge in [-0.15, -0.1) is 0 Å². The summed E-state index contributed by atoms with van der Waals surface area (Å²) in [6.07, 6.45) is 1.55. The molecule has 0 aliphatic rings. The molecule has 0 unspecified atom stereocenters. The molecule has 0 bridgehead atoms. The Balaban J connectivity index is 1.60. The van der Waals surface area contributed by atoms with Crippen molar-refractivity contribution in [3.05, 3.63) is 77.2 Å². The van der Waals surface area contributed by atoms with Gasteiger partial charge >= 0.3 is 0 Å². The molecule has 4 rings (SSSR count). The highest BCUT2D eigenvalue weighted by Crippen LogP contribution is 2.26. The molecule has 0 spiro atoms. The van der Waals surface area contributed by atoms with Crippen LogP contribution < -0.4 is 5.32 Å². The van der Waals surface area contributed by atoms with Gasteiger partial charge in [0.1, 0.15) is 5.56 Å². The summed E-state index contributed by atoms with van der Waals surface area (Å²) in [4.78, 5) is 20.3. The quantitative estimate of drug-likeness (QED) is 0.301. The Kier molecular flexibility index (Phi) is 4.45. The summed E-state index contributed by atoms with van der Waals surface area (Å²) in [5.41, 5.74) is -0.151. The van der Waals surface area contributed by atoms with Crippen LogP contribution in [0.15, 0.2) is 47.0 Å². The maximum absolute atomic E-state index is 13.7. The van der Waals surface area contributed by atoms with Gasteiger partial charge in [-0.3, -0.25) is 4.79 Å². The number of halogens is 5. The maximum Gasteiger partial charge on any atom is 0.261 e. The van der Waals surface area contributed by atoms with E-state index in [1.165, 1.54) is 24.3 Å². The summed E-state index contributed by atoms with van der Waals surface area (Å²) in [5, 5.41) is 2.08. The average molecular weight is 405 g/mol. The molecule has 2 aromatic heterocycles. The molecule has 2 heterocycles. The molecule has 0 aliphatic carbocycles. The molecule has 146 valence electrons. The van der Waals surface area contributed by atoms with Gasteiger partial charge in [0.2, 0.25) is 11.7 Å². The lowest BCUT2D eigenvalue weighted by molar-refractivity contribution is 0.101. The van der Waals surface area contributed by atoms with Gasteiger partial charge in [-0.25, -0.2) is 26.9 Å². The molecule has 0 aliphatic heterocycles. The second-order valence-electron chi connectivity index (χ2n) is 5.82. The van der Waals surface area contributed by atoms with E-state index >= 15 is 0 Å². The normalized spacial score (nSPS) is 11.1. The van der Waals surface area contributed by atoms with E-state index in [1.807, 2.05) is 0 Å². The minimum atomic E-state index is -2.34. The smallest absolute Gasteiger partial charge is 0.261 e. The van der Waals surface area contributed by atoms with Crippen LogP contribution in [-0.4, -0.2) is 15.9 Å². The first-order valence-electron chi connectivity index (χ1n) is 8.01. The second kappa shape index (κ2) is 6.97. The zero-order chi connectivity index (χ0) is 20.7. The van der Waals surface area contributed by atoms with Crippen molar-refractivity contribution in [2.24, 2.45) is 0 Å². The molecule has 1 N–H and O–H groups in total. The van der Waals surface area contributed by atoms with E-state index in [9.17, 15) is 26.7 Å². The van der Waals surface area contributed by atoms with Crippen LogP contribution in [0.4, 0.5) is 27.6 Å². The number of aromatic nitrogens is 2. The van der Waals surface area contributed by atoms with Gasteiger partial charge in [0.25, 0.3) is 5.91 Å². The largest absolute Gasteiger partial charge is 0.434 e. The number of hydrogen-bond acceptors (Lipinski definition) is 4. The number of amides is 1. The number of nitrogens with zero attached hydrogens (tertiary/aromatic N) is 2. The number of nitrogens with one attached hydrogen (secondary N) is 1. The fourth-order valence-corrected chi connectivity index (χ4v) is 2.59. The number of oxazole rings is 1. The fourth-order valence-electron chi connectivity index (χ4n) is 2.59. The average Bonchev–Trinajstić information content (AvgIpc) is 3.16. The zero-order valence-corrected chi connectivity index (χ0v) is 14.1. The van der Waals surface area contributed by atoms with Gasteiger partial charge in [-0.1, -0.05) is 0 Å². The van der Waals surface area contributed by atoms with Gasteiger partial charge in [-0.05, 0) is 36.4 Å². The van der Waals surface area contributed by atoms with Crippen molar-refractivity contribution >= 4 is 22.8 Å². The third-order valence-corrected chi connectivity index (χ3v) is 3.99. The van der Waals surface area contributed by atoms with Crippen LogP contribution in [0.2, 0.25) is 0 Å². The fraction of sp³-hybridized carbons (Fsp3) is 0. The lowest BCUT2D eigenvalue weighted by Gasteiger charge is -2.09. The monoisotopic (exact) mass is 405 g/mol. The van der Waals surface area contributed by atoms with E-state index in [4.69, 9.17) is 4.42 Å². The highest BCUT2D eigenvalue weighted by atomic mass is 19.2. The Labute approximate surface area is 158 Å². The van der Waals surface area contributed by atoms with Crippen molar-refractivity contribution < 1.29 is 31.2 Å². The van der Waals surface area contributed by atoms with Crippen LogP contribution >= 0.6 is 0 Å². The van der Waals surface area contributed by atoms with Gasteiger partial charge in [0, 0.05) is 17.4 Å². The Hall–Kier alpha value is -3.82. The number of pyridine rings is 1. The van der Waals surface area contributed by atoms with Crippen molar-refractivity contribution in [2.75, 3.05) is 5.32 Å². The molecule has 2 aromatic carbocycles. The van der Waals surface area contributed by atoms with Crippen LogP contribution in [-0.2, 0) is 0 Å². The predicted octanol–water partition coefficient (Wildman–Crippen LogP) is 4.84. The molecule has 29 heavy (non-hydrogen) atoms. The van der Waals surface area contributed by atoms with Crippen LogP contribution in [0, 0.1) is 29.1 Å². The van der Waals surface area contributed by atoms with E-state index < -0.39 is 40.6 Å². The summed E-state index contributed by atoms with van der Waals surface area (Å²) in [6, 6.07) is 9.02. The van der Waals surface area contributed by atoms with Crippen LogP contribution in [0.3, 0.4) is 0 Å². The number of fused-ring (bicyclic) bond motifs is 1. The first-order chi connectivity index (χ1) is 13.9. The summed E-state index contributed by atoms with van der Waals surface area (Å²) < 4.78 is 72.6. The van der Waals surface area contributed by atoms with Gasteiger partial charge in [-0.2, -0.15) is 4.98 Å². The molecule has 5 nitrogen and oxygen atoms in total. The lowest BCUT2D eigenvalue weighted by Crippen LogP contribution is -2.19. The summed E-state index contributed by atoms with van der Waals surface area (Å²) in [6.45, 7) is 0. The van der Waals surface area contributed by atoms with E-state index in [0.717, 1.165) is 0 Å². The maximum atomic E-state index is 13.7. The van der Waals surface area contributed by atoms with Gasteiger partial charge in [0.05, 0.1) is 0 Å². The number of carbonyl (C=O) groups is 1. The minimum absolute atomic E-state index is 0.0527. The molecule has 0 radical (unpaired) electrons. The van der Waals surface area contributed by atoms with Gasteiger partial charge < -0.3 is 9.73 Å². The molecule has 10 heteroatoms. The van der Waals surface area contributed by atoms with E-state index in [-0.39, 0.29) is 11.6 Å². The number of anilines is 1. The van der Waals surface area contributed by atoms with Gasteiger partial charge in [0.15, 0.2) is 34.5 Å². The van der Waals surface area contributed by atoms with Crippen LogP contribution in [0.5, 0.6) is 0 Å². The molecule has 0 saturated heterocycles. The van der Waals surface area contributed by atoms with Crippen molar-refractivity contribution in [1.82, 2.24) is 9.97 Å². The number of carbonyl (C=O) groups excluding carboxylic acids is 1. The Bertz CT molecular complexity index is 1190. The lowest BCUT2D eigenvalue weighted by atomic mass is 10.1. The number of rotatable bonds is 3. The Morgan fingerprint density at radius 3 is 2.10 bits per heavy atom. The number of benzene rings is 2. The SMILES string of the molecule is O=C(Nc1ccc(-c2nc3ncccc3o2)cc1)c1c(F)c(F)c(F)c(F)c1F. The first-order valence-corrected chi connectivity index (χ1v) is 8.01. The summed E-state index contributed by atoms with van der Waals surface area (Å²) in [5.74, 6) is -12.4. The third kappa shape index (κ3) is 3.18. The predicted molar refractivity (Wildman–Crippen MR) is 91.4 cm³/mol. The first kappa shape index (κ1) is 18.5. The van der Waals surface area contributed by atoms with Crippen molar-refractivity contribution in [2.45, 2.75) is 0 Å². The Morgan fingerprint density at radius 2 is 1.48 bits per heavy atom. The van der Waals surface area contributed by atoms with E-state index in [2.05, 4.69) is 15.3 Å². The highest BCUT2D eigenvalue weighted by Gasteiger charge is 2.29. The standard InChI is InChI=1S/C19H8F5N3O2/c20-12-11(13(21)15(23)16(24)14(12)22)18(28)26-9-5-3-8(4-6-9)19-27-17-10(29-19)2-1-7-25-17/h1-7H,(H,26,28). The number of hydrogen-bond donors (Lipinski definition) is 1. The third-order valence-electron chi connectivity index (χ3n) is 3.99. The van der Waals surface area contributed by atoms with Crippen molar-refractivity contribution in [3.8, 4) is 11.5 Å². The van der Waals surface area contributed by atoms with Crippen molar-refractivity contribution in [3.63, 3.8) is 0 Å². The van der Waals surface area contributed by atoms with Crippen LogP contribution in [0.25, 0.3) is 22.7 Å². The highest BCUT2D eigenvalue weighted by molar-refractivity contribution is 6.04. The summed E-state index contributed by atoms with van der Waals surface area (Å²) >= 11 is 0. The van der Waals surface area contributed by atoms with E-state index in [0.29, 0.717) is 16.8 Å². The van der Waals surface area contributed by atoms with Crippen molar-refractivity contribution in [1.29, 1.82) is 0 Å². The zero-order valence-electron chi connectivity index (χ0n) is 14.1. The van der Waals surface area contributed by atoms with Crippen LogP contribution in [0.1, 0.15) is 10.4 Å². The molecular formula is C19H8F5N3O2. The molecule has 0 atom stereocenters. The molecule has 0 fully saturated rings. The minimum Gasteiger partial charge on any atom is -0.434 e. The molecular weight excluding hydrogens is 397 g/mol. The summed E-state index contributed by atoms with van der Waals surface area (Å²) in [7, 11) is 0. The second-order valence-corrected chi connectivity index (χ2v) is 5.82. The topological polar surface area (TPSA) is 68.0 Å². The molecule has 0 saturated carbocycles. The molecule has 1 amide bonds. The van der Waals surface area contributed by atoms with E-state index in [1.54, 1.807) is 18.3 Å². The molecule has 4 aromatic rings.